The number of nitrogens with one attached hydrogen (secondary N) is 1. The third-order valence-corrected chi connectivity index (χ3v) is 9.76. The summed E-state index contributed by atoms with van der Waals surface area (Å²) in [6.45, 7) is 4.91. The number of primary amides is 1. The van der Waals surface area contributed by atoms with E-state index in [4.69, 9.17) is 10.7 Å². The number of nitrogens with two attached hydrogens (primary N) is 1. The number of carbonyl (C=O) groups excluding carboxylic acids is 2. The second-order valence-corrected chi connectivity index (χ2v) is 13.4. The zero-order valence-electron chi connectivity index (χ0n) is 25.8. The molecule has 0 atom stereocenters. The number of pyridine rings is 1. The van der Waals surface area contributed by atoms with Crippen molar-refractivity contribution < 1.29 is 9.59 Å². The fourth-order valence-corrected chi connectivity index (χ4v) is 7.60. The summed E-state index contributed by atoms with van der Waals surface area (Å²) in [4.78, 5) is 31.4. The molecule has 7 rings (SSSR count). The lowest BCUT2D eigenvalue weighted by atomic mass is 9.96. The molecule has 2 amide bonds. The van der Waals surface area contributed by atoms with Crippen LogP contribution in [0.25, 0.3) is 21.5 Å². The van der Waals surface area contributed by atoms with Gasteiger partial charge in [-0.2, -0.15) is 0 Å². The van der Waals surface area contributed by atoms with E-state index in [9.17, 15) is 9.59 Å². The summed E-state index contributed by atoms with van der Waals surface area (Å²) < 4.78 is 2.15. The highest BCUT2D eigenvalue weighted by Crippen LogP contribution is 2.38. The minimum Gasteiger partial charge on any atom is -0.366 e. The fourth-order valence-electron chi connectivity index (χ4n) is 6.58. The Morgan fingerprint density at radius 1 is 0.932 bits per heavy atom. The van der Waals surface area contributed by atoms with Crippen LogP contribution in [0, 0.1) is 5.92 Å². The molecule has 0 unspecified atom stereocenters. The number of hydrogen-bond acceptors (Lipinski definition) is 4. The number of hydrogen-bond donors (Lipinski definition) is 2. The zero-order chi connectivity index (χ0) is 30.8. The van der Waals surface area contributed by atoms with Crippen molar-refractivity contribution in [2.75, 3.05) is 7.05 Å². The van der Waals surface area contributed by atoms with Crippen LogP contribution >= 0.6 is 11.3 Å². The maximum Gasteiger partial charge on any atom is 0.261 e. The van der Waals surface area contributed by atoms with Gasteiger partial charge in [0, 0.05) is 35.6 Å². The smallest absolute Gasteiger partial charge is 0.261 e. The first kappa shape index (κ1) is 29.8. The van der Waals surface area contributed by atoms with E-state index in [2.05, 4.69) is 66.2 Å². The lowest BCUT2D eigenvalue weighted by molar-refractivity contribution is 0.0965. The summed E-state index contributed by atoms with van der Waals surface area (Å²) in [7, 11) is 1.61. The number of carbonyl (C=O) groups is 2. The van der Waals surface area contributed by atoms with Crippen LogP contribution in [0.5, 0.6) is 0 Å². The maximum absolute atomic E-state index is 12.7. The molecule has 3 heterocycles. The van der Waals surface area contributed by atoms with Crippen LogP contribution in [-0.4, -0.2) is 28.4 Å². The van der Waals surface area contributed by atoms with E-state index in [1.165, 1.54) is 60.1 Å². The quantitative estimate of drug-likeness (QED) is 0.207. The van der Waals surface area contributed by atoms with E-state index < -0.39 is 5.91 Å². The molecular weight excluding hydrogens is 565 g/mol. The number of fused-ring (bicyclic) bond motifs is 3. The van der Waals surface area contributed by atoms with Gasteiger partial charge >= 0.3 is 0 Å². The Labute approximate surface area is 263 Å². The average Bonchev–Trinajstić information content (AvgIpc) is 3.83. The Bertz CT molecular complexity index is 1820. The van der Waals surface area contributed by atoms with Gasteiger partial charge < -0.3 is 15.6 Å². The van der Waals surface area contributed by atoms with Crippen LogP contribution in [0.15, 0.2) is 66.9 Å². The lowest BCUT2D eigenvalue weighted by Gasteiger charge is -2.15. The Hall–Kier alpha value is -4.23. The van der Waals surface area contributed by atoms with Crippen molar-refractivity contribution in [2.24, 2.45) is 11.7 Å². The molecule has 226 valence electrons. The topological polar surface area (TPSA) is 90.0 Å². The Balaban J connectivity index is 0.000000323. The number of thiophene rings is 1. The molecule has 3 aromatic heterocycles. The summed E-state index contributed by atoms with van der Waals surface area (Å²) in [5, 5.41) is 3.54. The zero-order valence-corrected chi connectivity index (χ0v) is 26.6. The predicted molar refractivity (Wildman–Crippen MR) is 180 cm³/mol. The van der Waals surface area contributed by atoms with Gasteiger partial charge in [-0.05, 0) is 96.9 Å². The number of rotatable bonds is 7. The molecule has 7 heteroatoms. The van der Waals surface area contributed by atoms with Crippen molar-refractivity contribution in [3.63, 3.8) is 0 Å². The average molecular weight is 605 g/mol. The second kappa shape index (κ2) is 12.8. The molecule has 0 radical (unpaired) electrons. The normalized spacial score (nSPS) is 13.5. The molecule has 2 aliphatic carbocycles. The predicted octanol–water partition coefficient (Wildman–Crippen LogP) is 7.13. The van der Waals surface area contributed by atoms with E-state index in [1.54, 1.807) is 24.2 Å². The number of nitrogens with zero attached hydrogens (tertiary/aromatic N) is 2. The molecule has 0 fully saturated rings. The van der Waals surface area contributed by atoms with E-state index in [-0.39, 0.29) is 5.91 Å². The summed E-state index contributed by atoms with van der Waals surface area (Å²) in [6.07, 6.45) is 10.2. The number of aromatic nitrogens is 2. The Kier molecular flexibility index (Phi) is 8.67. The van der Waals surface area contributed by atoms with Crippen LogP contribution in [0.1, 0.15) is 80.2 Å². The fraction of sp³-hybridized carbons (Fsp3) is 0.324. The van der Waals surface area contributed by atoms with Gasteiger partial charge in [0.15, 0.2) is 0 Å². The first-order valence-electron chi connectivity index (χ1n) is 15.6. The minimum atomic E-state index is -0.494. The van der Waals surface area contributed by atoms with Crippen molar-refractivity contribution >= 4 is 34.2 Å². The van der Waals surface area contributed by atoms with Crippen molar-refractivity contribution in [3.8, 4) is 10.4 Å². The SMILES string of the molecule is CNC(=O)c1ccc(-c2c(C(N)=O)c(CC(C)C)nc3c2ccn3Cc2ccc3c(c2)CCC3)s1.c1ccc2c(c1)CCC2. The molecule has 0 aliphatic heterocycles. The molecule has 44 heavy (non-hydrogen) atoms. The summed E-state index contributed by atoms with van der Waals surface area (Å²) >= 11 is 1.36. The van der Waals surface area contributed by atoms with Crippen LogP contribution in [-0.2, 0) is 38.6 Å². The third-order valence-electron chi connectivity index (χ3n) is 8.66. The van der Waals surface area contributed by atoms with Gasteiger partial charge in [0.2, 0.25) is 0 Å². The van der Waals surface area contributed by atoms with E-state index in [0.717, 1.165) is 27.9 Å². The van der Waals surface area contributed by atoms with Gasteiger partial charge in [-0.15, -0.1) is 11.3 Å². The van der Waals surface area contributed by atoms with Crippen LogP contribution in [0.2, 0.25) is 0 Å². The van der Waals surface area contributed by atoms with E-state index in [0.29, 0.717) is 35.0 Å². The highest BCUT2D eigenvalue weighted by molar-refractivity contribution is 7.17. The molecule has 2 aliphatic rings. The van der Waals surface area contributed by atoms with Gasteiger partial charge in [0.1, 0.15) is 5.65 Å². The Morgan fingerprint density at radius 2 is 1.61 bits per heavy atom. The molecular formula is C37H40N4O2S. The van der Waals surface area contributed by atoms with Gasteiger partial charge in [0.05, 0.1) is 16.1 Å². The molecule has 6 nitrogen and oxygen atoms in total. The maximum atomic E-state index is 12.7. The molecule has 0 saturated heterocycles. The monoisotopic (exact) mass is 604 g/mol. The Morgan fingerprint density at radius 3 is 2.27 bits per heavy atom. The van der Waals surface area contributed by atoms with Crippen LogP contribution in [0.4, 0.5) is 0 Å². The van der Waals surface area contributed by atoms with Crippen LogP contribution in [0.3, 0.4) is 0 Å². The van der Waals surface area contributed by atoms with Gasteiger partial charge in [-0.1, -0.05) is 56.3 Å². The van der Waals surface area contributed by atoms with Crippen molar-refractivity contribution in [1.82, 2.24) is 14.9 Å². The standard InChI is InChI=1S/C28H30N4O2S.C9H10/c1-16(2)13-21-25(26(29)33)24(22-9-10-23(35-22)28(34)30-3)20-11-12-32(27(20)31-21)15-17-7-8-18-5-4-6-19(18)14-17;1-2-5-9-7-3-6-8(9)4-1/h7-12,14,16H,4-6,13,15H2,1-3H3,(H2,29,33)(H,30,34);1-2,4-5H,3,6-7H2. The third kappa shape index (κ3) is 6.06. The number of benzene rings is 2. The minimum absolute atomic E-state index is 0.149. The molecule has 2 aromatic carbocycles. The van der Waals surface area contributed by atoms with Crippen molar-refractivity contribution in [2.45, 2.75) is 65.3 Å². The van der Waals surface area contributed by atoms with Gasteiger partial charge in [0.25, 0.3) is 11.8 Å². The molecule has 0 bridgehead atoms. The van der Waals surface area contributed by atoms with Gasteiger partial charge in [-0.25, -0.2) is 4.98 Å². The first-order valence-corrected chi connectivity index (χ1v) is 16.4. The highest BCUT2D eigenvalue weighted by Gasteiger charge is 2.25. The molecule has 0 saturated carbocycles. The highest BCUT2D eigenvalue weighted by atomic mass is 32.1. The summed E-state index contributed by atoms with van der Waals surface area (Å²) in [5.74, 6) is -0.342. The largest absolute Gasteiger partial charge is 0.366 e. The molecule has 0 spiro atoms. The van der Waals surface area contributed by atoms with Gasteiger partial charge in [-0.3, -0.25) is 9.59 Å². The van der Waals surface area contributed by atoms with Crippen molar-refractivity contribution in [3.05, 3.63) is 111 Å². The summed E-state index contributed by atoms with van der Waals surface area (Å²) in [5.41, 5.74) is 16.0. The lowest BCUT2D eigenvalue weighted by Crippen LogP contribution is -2.18. The van der Waals surface area contributed by atoms with E-state index in [1.807, 2.05) is 18.3 Å². The first-order chi connectivity index (χ1) is 21.3. The van der Waals surface area contributed by atoms with Crippen molar-refractivity contribution in [1.29, 1.82) is 0 Å². The van der Waals surface area contributed by atoms with Crippen LogP contribution < -0.4 is 11.1 Å². The molecule has 3 N–H and O–H groups in total. The summed E-state index contributed by atoms with van der Waals surface area (Å²) in [6, 6.07) is 21.2. The number of amides is 2. The second-order valence-electron chi connectivity index (χ2n) is 12.3. The molecule has 5 aromatic rings. The van der Waals surface area contributed by atoms with E-state index >= 15 is 0 Å². The number of aryl methyl sites for hydroxylation is 4.